The summed E-state index contributed by atoms with van der Waals surface area (Å²) in [7, 11) is 0. The van der Waals surface area contributed by atoms with Gasteiger partial charge in [-0.15, -0.1) is 11.3 Å². The van der Waals surface area contributed by atoms with Gasteiger partial charge in [-0.05, 0) is 20.8 Å². The molecule has 4 heteroatoms. The van der Waals surface area contributed by atoms with E-state index in [2.05, 4.69) is 17.2 Å². The van der Waals surface area contributed by atoms with Gasteiger partial charge < -0.3 is 10.4 Å². The summed E-state index contributed by atoms with van der Waals surface area (Å²) in [4.78, 5) is 4.36. The maximum absolute atomic E-state index is 9.07. The number of aromatic nitrogens is 1. The maximum atomic E-state index is 9.07. The largest absolute Gasteiger partial charge is 0.392 e. The molecule has 1 unspecified atom stereocenters. The molecule has 0 fully saturated rings. The smallest absolute Gasteiger partial charge is 0.110 e. The first kappa shape index (κ1) is 10.6. The molecule has 2 N–H and O–H groups in total. The van der Waals surface area contributed by atoms with Crippen LogP contribution in [0.3, 0.4) is 0 Å². The van der Waals surface area contributed by atoms with Gasteiger partial charge in [0.1, 0.15) is 5.01 Å². The van der Waals surface area contributed by atoms with E-state index in [4.69, 9.17) is 5.11 Å². The highest BCUT2D eigenvalue weighted by atomic mass is 32.1. The number of aryl methyl sites for hydroxylation is 1. The van der Waals surface area contributed by atoms with Gasteiger partial charge >= 0.3 is 0 Å². The Labute approximate surface area is 82.8 Å². The topological polar surface area (TPSA) is 45.1 Å². The minimum absolute atomic E-state index is 0.230. The van der Waals surface area contributed by atoms with Crippen LogP contribution in [0.5, 0.6) is 0 Å². The van der Waals surface area contributed by atoms with Crippen molar-refractivity contribution in [2.75, 3.05) is 6.54 Å². The Morgan fingerprint density at radius 3 is 2.77 bits per heavy atom. The highest BCUT2D eigenvalue weighted by Crippen LogP contribution is 2.16. The second kappa shape index (κ2) is 4.69. The van der Waals surface area contributed by atoms with Crippen LogP contribution in [0, 0.1) is 6.92 Å². The molecule has 0 radical (unpaired) electrons. The van der Waals surface area contributed by atoms with E-state index in [1.165, 1.54) is 0 Å². The zero-order chi connectivity index (χ0) is 9.84. The Bertz CT molecular complexity index is 260. The van der Waals surface area contributed by atoms with Crippen LogP contribution in [0.4, 0.5) is 0 Å². The predicted molar refractivity (Wildman–Crippen MR) is 54.9 cm³/mol. The number of nitrogens with zero attached hydrogens (tertiary/aromatic N) is 1. The zero-order valence-electron chi connectivity index (χ0n) is 8.24. The number of hydrogen-bond donors (Lipinski definition) is 2. The summed E-state index contributed by atoms with van der Waals surface area (Å²) in [6.45, 7) is 6.43. The fourth-order valence-electron chi connectivity index (χ4n) is 1.01. The van der Waals surface area contributed by atoms with Crippen molar-refractivity contribution in [3.8, 4) is 0 Å². The minimum atomic E-state index is -0.302. The van der Waals surface area contributed by atoms with Crippen LogP contribution in [0.15, 0.2) is 5.38 Å². The Morgan fingerprint density at radius 1 is 1.62 bits per heavy atom. The number of rotatable bonds is 4. The van der Waals surface area contributed by atoms with E-state index in [9.17, 15) is 0 Å². The normalized spacial score (nSPS) is 15.7. The van der Waals surface area contributed by atoms with Crippen LogP contribution in [-0.4, -0.2) is 22.7 Å². The van der Waals surface area contributed by atoms with Crippen LogP contribution in [0.1, 0.15) is 30.6 Å². The molecule has 0 aromatic carbocycles. The zero-order valence-corrected chi connectivity index (χ0v) is 9.06. The monoisotopic (exact) mass is 200 g/mol. The van der Waals surface area contributed by atoms with Crippen LogP contribution >= 0.6 is 11.3 Å². The molecule has 1 heterocycles. The average molecular weight is 200 g/mol. The fourth-order valence-corrected chi connectivity index (χ4v) is 1.83. The van der Waals surface area contributed by atoms with Crippen LogP contribution in [0.2, 0.25) is 0 Å². The molecule has 2 atom stereocenters. The quantitative estimate of drug-likeness (QED) is 0.774. The Balaban J connectivity index is 2.44. The van der Waals surface area contributed by atoms with Crippen molar-refractivity contribution in [3.05, 3.63) is 16.1 Å². The molecule has 13 heavy (non-hydrogen) atoms. The number of aliphatic hydroxyl groups excluding tert-OH is 1. The molecule has 1 aromatic rings. The summed E-state index contributed by atoms with van der Waals surface area (Å²) in [6.07, 6.45) is -0.302. The molecule has 0 saturated heterocycles. The molecule has 0 aliphatic carbocycles. The fraction of sp³-hybridized carbons (Fsp3) is 0.667. The lowest BCUT2D eigenvalue weighted by Crippen LogP contribution is -2.27. The third-order valence-electron chi connectivity index (χ3n) is 1.73. The van der Waals surface area contributed by atoms with Gasteiger partial charge in [-0.1, -0.05) is 0 Å². The Morgan fingerprint density at radius 2 is 2.31 bits per heavy atom. The standard InChI is InChI=1S/C9H16N2OS/c1-6-5-13-9(11-6)8(3)10-4-7(2)12/h5,7-8,10,12H,4H2,1-3H3/t7-,8?/m1/s1. The highest BCUT2D eigenvalue weighted by molar-refractivity contribution is 7.09. The second-order valence-electron chi connectivity index (χ2n) is 3.31. The first-order valence-electron chi connectivity index (χ1n) is 4.43. The van der Waals surface area contributed by atoms with Crippen LogP contribution in [-0.2, 0) is 0 Å². The van der Waals surface area contributed by atoms with Crippen LogP contribution < -0.4 is 5.32 Å². The molecule has 0 aliphatic rings. The van der Waals surface area contributed by atoms with E-state index in [-0.39, 0.29) is 12.1 Å². The molecule has 1 aromatic heterocycles. The molecular formula is C9H16N2OS. The lowest BCUT2D eigenvalue weighted by atomic mass is 10.3. The molecule has 0 aliphatic heterocycles. The van der Waals surface area contributed by atoms with Gasteiger partial charge in [0.25, 0.3) is 0 Å². The highest BCUT2D eigenvalue weighted by Gasteiger charge is 2.08. The SMILES string of the molecule is Cc1csc(C(C)NC[C@@H](C)O)n1. The molecule has 0 saturated carbocycles. The first-order chi connectivity index (χ1) is 6.09. The van der Waals surface area contributed by atoms with E-state index < -0.39 is 0 Å². The molecule has 0 amide bonds. The van der Waals surface area contributed by atoms with Crippen molar-refractivity contribution in [1.82, 2.24) is 10.3 Å². The first-order valence-corrected chi connectivity index (χ1v) is 5.31. The molecular weight excluding hydrogens is 184 g/mol. The summed E-state index contributed by atoms with van der Waals surface area (Å²) in [6, 6.07) is 0.230. The molecule has 0 spiro atoms. The Kier molecular flexibility index (Phi) is 3.84. The molecule has 74 valence electrons. The van der Waals surface area contributed by atoms with E-state index >= 15 is 0 Å². The van der Waals surface area contributed by atoms with Crippen molar-refractivity contribution in [2.45, 2.75) is 32.9 Å². The van der Waals surface area contributed by atoms with Gasteiger partial charge in [-0.3, -0.25) is 0 Å². The number of thiazole rings is 1. The van der Waals surface area contributed by atoms with Crippen molar-refractivity contribution < 1.29 is 5.11 Å². The second-order valence-corrected chi connectivity index (χ2v) is 4.20. The van der Waals surface area contributed by atoms with Crippen molar-refractivity contribution in [3.63, 3.8) is 0 Å². The summed E-state index contributed by atoms with van der Waals surface area (Å²) in [5.41, 5.74) is 1.06. The summed E-state index contributed by atoms with van der Waals surface area (Å²) in [5, 5.41) is 15.4. The van der Waals surface area contributed by atoms with Crippen LogP contribution in [0.25, 0.3) is 0 Å². The maximum Gasteiger partial charge on any atom is 0.110 e. The third kappa shape index (κ3) is 3.42. The molecule has 0 bridgehead atoms. The lowest BCUT2D eigenvalue weighted by Gasteiger charge is -2.12. The molecule has 1 rings (SSSR count). The van der Waals surface area contributed by atoms with Gasteiger partial charge in [0.05, 0.1) is 12.1 Å². The van der Waals surface area contributed by atoms with Crippen molar-refractivity contribution >= 4 is 11.3 Å². The van der Waals surface area contributed by atoms with Gasteiger partial charge in [-0.25, -0.2) is 4.98 Å². The van der Waals surface area contributed by atoms with Gasteiger partial charge in [0.2, 0.25) is 0 Å². The summed E-state index contributed by atoms with van der Waals surface area (Å²) in [5.74, 6) is 0. The Hall–Kier alpha value is -0.450. The number of hydrogen-bond acceptors (Lipinski definition) is 4. The van der Waals surface area contributed by atoms with Crippen molar-refractivity contribution in [2.24, 2.45) is 0 Å². The van der Waals surface area contributed by atoms with Gasteiger partial charge in [-0.2, -0.15) is 0 Å². The van der Waals surface area contributed by atoms with Crippen molar-refractivity contribution in [1.29, 1.82) is 0 Å². The molecule has 3 nitrogen and oxygen atoms in total. The number of aliphatic hydroxyl groups is 1. The van der Waals surface area contributed by atoms with E-state index in [1.54, 1.807) is 18.3 Å². The lowest BCUT2D eigenvalue weighted by molar-refractivity contribution is 0.187. The van der Waals surface area contributed by atoms with E-state index in [0.29, 0.717) is 6.54 Å². The summed E-state index contributed by atoms with van der Waals surface area (Å²) < 4.78 is 0. The number of nitrogens with one attached hydrogen (secondary N) is 1. The van der Waals surface area contributed by atoms with E-state index in [0.717, 1.165) is 10.7 Å². The van der Waals surface area contributed by atoms with E-state index in [1.807, 2.05) is 12.3 Å². The van der Waals surface area contributed by atoms with Gasteiger partial charge in [0, 0.05) is 17.6 Å². The predicted octanol–water partition coefficient (Wildman–Crippen LogP) is 1.48. The average Bonchev–Trinajstić information content (AvgIpc) is 2.47. The van der Waals surface area contributed by atoms with Gasteiger partial charge in [0.15, 0.2) is 0 Å². The third-order valence-corrected chi connectivity index (χ3v) is 2.87. The summed E-state index contributed by atoms with van der Waals surface area (Å²) >= 11 is 1.65. The minimum Gasteiger partial charge on any atom is -0.392 e.